The second-order valence-corrected chi connectivity index (χ2v) is 27.8. The smallest absolute Gasteiger partial charge is 0.414 e. The first kappa shape index (κ1) is 43.1. The first-order valence-corrected chi connectivity index (χ1v) is 23.1. The SMILES string of the molecule is C[C@H](CC#CC(O)(C(F)(F)F)C(F)(F)F)[C@@]1(C)CC[C@@H](/C=C/C=C2C[C@@H](O[Si](C)(C)C(C)(C)C)C[C@H](O[Si](C)(C)C(C)(C)C)C2)C1(C)C. The van der Waals surface area contributed by atoms with Gasteiger partial charge in [0, 0.05) is 6.42 Å². The maximum Gasteiger partial charge on any atom is 0.438 e. The molecule has 5 atom stereocenters. The summed E-state index contributed by atoms with van der Waals surface area (Å²) in [5.74, 6) is 3.03. The van der Waals surface area contributed by atoms with Crippen LogP contribution in [0.3, 0.4) is 0 Å². The molecule has 0 saturated heterocycles. The summed E-state index contributed by atoms with van der Waals surface area (Å²) in [6.07, 6.45) is -1.28. The highest BCUT2D eigenvalue weighted by Gasteiger charge is 2.70. The van der Waals surface area contributed by atoms with E-state index < -0.39 is 40.0 Å². The van der Waals surface area contributed by atoms with Gasteiger partial charge in [-0.15, -0.1) is 0 Å². The van der Waals surface area contributed by atoms with Gasteiger partial charge >= 0.3 is 18.0 Å². The van der Waals surface area contributed by atoms with Crippen molar-refractivity contribution in [3.05, 3.63) is 23.8 Å². The summed E-state index contributed by atoms with van der Waals surface area (Å²) < 4.78 is 92.5. The van der Waals surface area contributed by atoms with Gasteiger partial charge in [-0.3, -0.25) is 0 Å². The van der Waals surface area contributed by atoms with Gasteiger partial charge < -0.3 is 14.0 Å². The number of hydrogen-bond donors (Lipinski definition) is 1. The van der Waals surface area contributed by atoms with Crippen LogP contribution < -0.4 is 0 Å². The van der Waals surface area contributed by atoms with Gasteiger partial charge in [-0.25, -0.2) is 0 Å². The number of allylic oxidation sites excluding steroid dienone is 3. The molecule has 0 aliphatic heterocycles. The highest BCUT2D eigenvalue weighted by molar-refractivity contribution is 6.74. The zero-order chi connectivity index (χ0) is 37.6. The van der Waals surface area contributed by atoms with Crippen molar-refractivity contribution in [2.24, 2.45) is 22.7 Å². The van der Waals surface area contributed by atoms with Gasteiger partial charge in [-0.2, -0.15) is 26.3 Å². The zero-order valence-electron chi connectivity index (χ0n) is 31.8. The Morgan fingerprint density at radius 2 is 1.29 bits per heavy atom. The van der Waals surface area contributed by atoms with E-state index in [2.05, 4.69) is 106 Å². The number of aliphatic hydroxyl groups is 1. The van der Waals surface area contributed by atoms with Gasteiger partial charge in [0.25, 0.3) is 0 Å². The Hall–Kier alpha value is -1.07. The molecule has 278 valence electrons. The second kappa shape index (κ2) is 14.2. The van der Waals surface area contributed by atoms with E-state index in [1.54, 1.807) is 0 Å². The van der Waals surface area contributed by atoms with E-state index in [0.717, 1.165) is 38.0 Å². The second-order valence-electron chi connectivity index (χ2n) is 18.3. The van der Waals surface area contributed by atoms with Crippen molar-refractivity contribution in [3.8, 4) is 11.8 Å². The number of alkyl halides is 6. The third-order valence-corrected chi connectivity index (χ3v) is 21.7. The lowest BCUT2D eigenvalue weighted by atomic mass is 9.59. The normalized spacial score (nSPS) is 27.2. The average molecular weight is 725 g/mol. The Morgan fingerprint density at radius 3 is 1.69 bits per heavy atom. The minimum absolute atomic E-state index is 0.0783. The van der Waals surface area contributed by atoms with Gasteiger partial charge in [0.2, 0.25) is 0 Å². The Labute approximate surface area is 289 Å². The largest absolute Gasteiger partial charge is 0.438 e. The predicted octanol–water partition coefficient (Wildman–Crippen LogP) is 11.8. The molecular weight excluding hydrogens is 663 g/mol. The van der Waals surface area contributed by atoms with E-state index in [-0.39, 0.29) is 46.0 Å². The molecule has 48 heavy (non-hydrogen) atoms. The molecule has 2 aliphatic carbocycles. The van der Waals surface area contributed by atoms with Crippen LogP contribution in [0.1, 0.15) is 108 Å². The molecule has 0 bridgehead atoms. The maximum atomic E-state index is 13.1. The van der Waals surface area contributed by atoms with Crippen molar-refractivity contribution in [1.29, 1.82) is 0 Å². The summed E-state index contributed by atoms with van der Waals surface area (Å²) in [4.78, 5) is 0. The van der Waals surface area contributed by atoms with Crippen LogP contribution in [0.5, 0.6) is 0 Å². The summed E-state index contributed by atoms with van der Waals surface area (Å²) in [5, 5.41) is 9.62. The van der Waals surface area contributed by atoms with Crippen LogP contribution >= 0.6 is 0 Å². The molecule has 2 rings (SSSR count). The van der Waals surface area contributed by atoms with E-state index >= 15 is 0 Å². The monoisotopic (exact) mass is 724 g/mol. The van der Waals surface area contributed by atoms with Gasteiger partial charge in [0.1, 0.15) is 0 Å². The Morgan fingerprint density at radius 1 is 0.854 bits per heavy atom. The molecule has 0 aromatic rings. The molecule has 2 fully saturated rings. The molecule has 2 saturated carbocycles. The van der Waals surface area contributed by atoms with Crippen molar-refractivity contribution in [2.45, 2.75) is 174 Å². The van der Waals surface area contributed by atoms with E-state index in [4.69, 9.17) is 8.85 Å². The van der Waals surface area contributed by atoms with Crippen molar-refractivity contribution < 1.29 is 40.3 Å². The quantitative estimate of drug-likeness (QED) is 0.154. The molecule has 0 amide bonds. The minimum Gasteiger partial charge on any atom is -0.414 e. The zero-order valence-corrected chi connectivity index (χ0v) is 33.8. The predicted molar refractivity (Wildman–Crippen MR) is 188 cm³/mol. The summed E-state index contributed by atoms with van der Waals surface area (Å²) in [6.45, 7) is 30.7. The fraction of sp³-hybridized carbons (Fsp3) is 0.838. The number of hydrogen-bond acceptors (Lipinski definition) is 3. The van der Waals surface area contributed by atoms with Crippen LogP contribution in [0.25, 0.3) is 0 Å². The molecule has 0 aromatic carbocycles. The van der Waals surface area contributed by atoms with E-state index in [1.165, 1.54) is 5.57 Å². The summed E-state index contributed by atoms with van der Waals surface area (Å²) >= 11 is 0. The molecule has 0 aromatic heterocycles. The molecule has 11 heteroatoms. The van der Waals surface area contributed by atoms with Crippen LogP contribution in [-0.2, 0) is 8.85 Å². The molecule has 0 spiro atoms. The highest BCUT2D eigenvalue weighted by Crippen LogP contribution is 2.60. The molecule has 0 radical (unpaired) electrons. The van der Waals surface area contributed by atoms with Gasteiger partial charge in [0.15, 0.2) is 16.6 Å². The van der Waals surface area contributed by atoms with Crippen LogP contribution in [0, 0.1) is 34.5 Å². The van der Waals surface area contributed by atoms with Crippen LogP contribution in [-0.4, -0.2) is 51.9 Å². The molecule has 1 N–H and O–H groups in total. The third kappa shape index (κ3) is 9.23. The molecule has 2 aliphatic rings. The minimum atomic E-state index is -5.95. The standard InChI is InChI=1S/C37H62F6O3Si2/c1-26(17-16-21-35(44,36(38,39)40)37(41,42)43)34(10)22-20-28(33(34,8)9)19-15-18-27-23-29(45-47(11,12)31(2,3)4)25-30(24-27)46-48(13,14)32(5,6)7/h15,18-19,26,28-30,44H,17,20,22-25H2,1-14H3/b19-15+/t26-,28-,29-,30-,34-/m1/s1. The van der Waals surface area contributed by atoms with E-state index in [9.17, 15) is 31.4 Å². The topological polar surface area (TPSA) is 38.7 Å². The van der Waals surface area contributed by atoms with Crippen molar-refractivity contribution in [3.63, 3.8) is 0 Å². The molecular formula is C37H62F6O3Si2. The third-order valence-electron chi connectivity index (χ3n) is 12.7. The van der Waals surface area contributed by atoms with Crippen LogP contribution in [0.4, 0.5) is 26.3 Å². The maximum absolute atomic E-state index is 13.1. The van der Waals surface area contributed by atoms with Gasteiger partial charge in [-0.05, 0) is 97.0 Å². The summed E-state index contributed by atoms with van der Waals surface area (Å²) in [5.41, 5.74) is -4.46. The first-order valence-electron chi connectivity index (χ1n) is 17.3. The lowest BCUT2D eigenvalue weighted by molar-refractivity contribution is -0.343. The number of rotatable bonds is 8. The van der Waals surface area contributed by atoms with E-state index in [0.29, 0.717) is 0 Å². The Balaban J connectivity index is 2.29. The average Bonchev–Trinajstić information content (AvgIpc) is 3.09. The Kier molecular flexibility index (Phi) is 12.7. The molecule has 0 heterocycles. The van der Waals surface area contributed by atoms with Crippen LogP contribution in [0.15, 0.2) is 23.8 Å². The van der Waals surface area contributed by atoms with E-state index in [1.807, 2.05) is 13.8 Å². The van der Waals surface area contributed by atoms with Crippen molar-refractivity contribution >= 4 is 16.6 Å². The summed E-state index contributed by atoms with van der Waals surface area (Å²) in [6, 6.07) is 0. The Bertz CT molecular complexity index is 1190. The fourth-order valence-electron chi connectivity index (χ4n) is 6.60. The van der Waals surface area contributed by atoms with Crippen LogP contribution in [0.2, 0.25) is 36.3 Å². The summed E-state index contributed by atoms with van der Waals surface area (Å²) in [7, 11) is -4.02. The van der Waals surface area contributed by atoms with Crippen molar-refractivity contribution in [2.75, 3.05) is 0 Å². The molecule has 0 unspecified atom stereocenters. The highest BCUT2D eigenvalue weighted by atomic mass is 28.4. The molecule has 3 nitrogen and oxygen atoms in total. The van der Waals surface area contributed by atoms with Gasteiger partial charge in [0.05, 0.1) is 12.2 Å². The lowest BCUT2D eigenvalue weighted by Gasteiger charge is -2.45. The fourth-order valence-corrected chi connectivity index (χ4v) is 9.33. The van der Waals surface area contributed by atoms with Gasteiger partial charge in [-0.1, -0.05) is 99.0 Å². The van der Waals surface area contributed by atoms with Crippen molar-refractivity contribution in [1.82, 2.24) is 0 Å². The lowest BCUT2D eigenvalue weighted by Crippen LogP contribution is -2.55. The number of halogens is 6. The first-order chi connectivity index (χ1) is 21.2.